The Labute approximate surface area is 164 Å². The monoisotopic (exact) mass is 404 g/mol. The quantitative estimate of drug-likeness (QED) is 0.686. The van der Waals surface area contributed by atoms with Gasteiger partial charge in [-0.25, -0.2) is 13.8 Å². The minimum Gasteiger partial charge on any atom is -0.357 e. The van der Waals surface area contributed by atoms with Gasteiger partial charge in [0.1, 0.15) is 6.04 Å². The Kier molecular flexibility index (Phi) is 5.55. The molecule has 0 aliphatic rings. The molecule has 1 aromatic carbocycles. The van der Waals surface area contributed by atoms with E-state index in [0.717, 1.165) is 23.0 Å². The zero-order chi connectivity index (χ0) is 20.4. The number of aromatic nitrogens is 2. The third kappa shape index (κ3) is 3.65. The van der Waals surface area contributed by atoms with Crippen LogP contribution in [0.5, 0.6) is 0 Å². The molecule has 1 atom stereocenters. The summed E-state index contributed by atoms with van der Waals surface area (Å²) in [6.45, 7) is 3.62. The molecule has 0 saturated carbocycles. The summed E-state index contributed by atoms with van der Waals surface area (Å²) >= 11 is 1.43. The van der Waals surface area contributed by atoms with E-state index in [2.05, 4.69) is 15.6 Å². The van der Waals surface area contributed by atoms with Gasteiger partial charge < -0.3 is 10.6 Å². The van der Waals surface area contributed by atoms with Crippen molar-refractivity contribution in [2.24, 2.45) is 0 Å². The molecule has 0 spiro atoms. The lowest BCUT2D eigenvalue weighted by Gasteiger charge is -2.18. The van der Waals surface area contributed by atoms with Gasteiger partial charge in [0, 0.05) is 30.0 Å². The number of nitrogens with one attached hydrogen (secondary N) is 2. The van der Waals surface area contributed by atoms with Crippen molar-refractivity contribution in [3.05, 3.63) is 70.0 Å². The fraction of sp³-hybridized carbons (Fsp3) is 0.211. The number of likely N-dealkylation sites (N-methyl/N-ethyl adjacent to an activating group) is 1. The maximum absolute atomic E-state index is 13.6. The van der Waals surface area contributed by atoms with Gasteiger partial charge in [-0.3, -0.25) is 14.2 Å². The lowest BCUT2D eigenvalue weighted by Crippen LogP contribution is -2.39. The van der Waals surface area contributed by atoms with E-state index in [1.165, 1.54) is 24.5 Å². The maximum Gasteiger partial charge on any atom is 0.254 e. The lowest BCUT2D eigenvalue weighted by atomic mass is 10.0. The minimum atomic E-state index is -1.17. The Hall–Kier alpha value is -3.07. The first-order valence-corrected chi connectivity index (χ1v) is 9.27. The topological polar surface area (TPSA) is 76.0 Å². The van der Waals surface area contributed by atoms with Gasteiger partial charge in [-0.15, -0.1) is 11.3 Å². The van der Waals surface area contributed by atoms with E-state index in [9.17, 15) is 18.4 Å². The summed E-state index contributed by atoms with van der Waals surface area (Å²) in [6, 6.07) is 3.60. The molecule has 2 N–H and O–H groups in total. The predicted octanol–water partition coefficient (Wildman–Crippen LogP) is 3.05. The van der Waals surface area contributed by atoms with Gasteiger partial charge in [-0.05, 0) is 37.6 Å². The highest BCUT2D eigenvalue weighted by Gasteiger charge is 2.26. The number of aryl methyl sites for hydroxylation is 1. The van der Waals surface area contributed by atoms with Gasteiger partial charge in [0.2, 0.25) is 5.91 Å². The van der Waals surface area contributed by atoms with E-state index in [1.54, 1.807) is 19.2 Å². The number of thiazole rings is 1. The molecule has 6 nitrogen and oxygen atoms in total. The zero-order valence-electron chi connectivity index (χ0n) is 15.4. The number of nitrogens with zero attached hydrogens (tertiary/aromatic N) is 2. The highest BCUT2D eigenvalue weighted by atomic mass is 32.1. The Morgan fingerprint density at radius 1 is 1.18 bits per heavy atom. The Morgan fingerprint density at radius 3 is 2.54 bits per heavy atom. The van der Waals surface area contributed by atoms with E-state index in [1.807, 2.05) is 16.9 Å². The van der Waals surface area contributed by atoms with Gasteiger partial charge in [-0.1, -0.05) is 6.07 Å². The van der Waals surface area contributed by atoms with Crippen molar-refractivity contribution in [1.82, 2.24) is 20.2 Å². The number of rotatable bonds is 5. The predicted molar refractivity (Wildman–Crippen MR) is 102 cm³/mol. The van der Waals surface area contributed by atoms with E-state index in [0.29, 0.717) is 11.3 Å². The first-order chi connectivity index (χ1) is 13.3. The van der Waals surface area contributed by atoms with E-state index >= 15 is 0 Å². The number of hydrogen-bond acceptors (Lipinski definition) is 4. The second kappa shape index (κ2) is 7.89. The van der Waals surface area contributed by atoms with Gasteiger partial charge in [0.25, 0.3) is 5.91 Å². The average Bonchev–Trinajstić information content (AvgIpc) is 3.29. The number of halogens is 2. The normalized spacial score (nSPS) is 11.9. The van der Waals surface area contributed by atoms with Crippen molar-refractivity contribution in [3.8, 4) is 5.13 Å². The first kappa shape index (κ1) is 19.7. The molecule has 2 heterocycles. The van der Waals surface area contributed by atoms with Crippen molar-refractivity contribution in [1.29, 1.82) is 0 Å². The van der Waals surface area contributed by atoms with Crippen LogP contribution >= 0.6 is 11.3 Å². The summed E-state index contributed by atoms with van der Waals surface area (Å²) in [5, 5.41) is 7.58. The molecule has 0 aliphatic heterocycles. The fourth-order valence-corrected chi connectivity index (χ4v) is 3.71. The molecule has 146 valence electrons. The molecule has 3 rings (SSSR count). The van der Waals surface area contributed by atoms with Crippen molar-refractivity contribution >= 4 is 23.2 Å². The minimum absolute atomic E-state index is 0.139. The standard InChI is InChI=1S/C19H18F2N4O2S/c1-10-8-13(11(2)25(10)19-23-6-7-28-19)17(26)24-16(18(27)22-3)12-4-5-14(20)15(21)9-12/h4-9,16H,1-3H3,(H,22,27)(H,24,26). The summed E-state index contributed by atoms with van der Waals surface area (Å²) in [6.07, 6.45) is 1.67. The van der Waals surface area contributed by atoms with Crippen LogP contribution in [0.3, 0.4) is 0 Å². The third-order valence-electron chi connectivity index (χ3n) is 4.35. The second-order valence-corrected chi connectivity index (χ2v) is 7.00. The molecule has 0 fully saturated rings. The van der Waals surface area contributed by atoms with Gasteiger partial charge in [0.05, 0.1) is 5.56 Å². The Balaban J connectivity index is 1.94. The summed E-state index contributed by atoms with van der Waals surface area (Å²) < 4.78 is 28.7. The molecule has 0 radical (unpaired) electrons. The maximum atomic E-state index is 13.6. The number of amides is 2. The van der Waals surface area contributed by atoms with Crippen molar-refractivity contribution < 1.29 is 18.4 Å². The van der Waals surface area contributed by atoms with Crippen LogP contribution in [0.2, 0.25) is 0 Å². The summed E-state index contributed by atoms with van der Waals surface area (Å²) in [4.78, 5) is 29.4. The molecule has 3 aromatic rings. The fourth-order valence-electron chi connectivity index (χ4n) is 2.96. The highest BCUT2D eigenvalue weighted by molar-refractivity contribution is 7.12. The van der Waals surface area contributed by atoms with Crippen molar-refractivity contribution in [3.63, 3.8) is 0 Å². The smallest absolute Gasteiger partial charge is 0.254 e. The lowest BCUT2D eigenvalue weighted by molar-refractivity contribution is -0.122. The molecular weight excluding hydrogens is 386 g/mol. The molecular formula is C19H18F2N4O2S. The van der Waals surface area contributed by atoms with E-state index in [-0.39, 0.29) is 5.56 Å². The molecule has 2 aromatic heterocycles. The number of carbonyl (C=O) groups is 2. The summed E-state index contributed by atoms with van der Waals surface area (Å²) in [5.41, 5.74) is 1.97. The van der Waals surface area contributed by atoms with Crippen LogP contribution in [0.1, 0.15) is 33.4 Å². The average molecular weight is 404 g/mol. The van der Waals surface area contributed by atoms with Crippen LogP contribution in [0, 0.1) is 25.5 Å². The van der Waals surface area contributed by atoms with E-state index in [4.69, 9.17) is 0 Å². The molecule has 9 heteroatoms. The van der Waals surface area contributed by atoms with Crippen LogP contribution in [-0.4, -0.2) is 28.4 Å². The largest absolute Gasteiger partial charge is 0.357 e. The molecule has 0 aliphatic carbocycles. The van der Waals surface area contributed by atoms with Crippen molar-refractivity contribution in [2.45, 2.75) is 19.9 Å². The highest BCUT2D eigenvalue weighted by Crippen LogP contribution is 2.23. The number of carbonyl (C=O) groups excluding carboxylic acids is 2. The zero-order valence-corrected chi connectivity index (χ0v) is 16.2. The summed E-state index contributed by atoms with van der Waals surface area (Å²) in [7, 11) is 1.40. The molecule has 2 amide bonds. The van der Waals surface area contributed by atoms with Gasteiger partial charge in [0.15, 0.2) is 16.8 Å². The first-order valence-electron chi connectivity index (χ1n) is 8.39. The van der Waals surface area contributed by atoms with Crippen molar-refractivity contribution in [2.75, 3.05) is 7.05 Å². The number of benzene rings is 1. The van der Waals surface area contributed by atoms with E-state index < -0.39 is 29.5 Å². The van der Waals surface area contributed by atoms with Crippen LogP contribution in [0.15, 0.2) is 35.8 Å². The van der Waals surface area contributed by atoms with Crippen LogP contribution in [0.4, 0.5) is 8.78 Å². The van der Waals surface area contributed by atoms with Crippen LogP contribution < -0.4 is 10.6 Å². The SMILES string of the molecule is CNC(=O)C(NC(=O)c1cc(C)n(-c2nccs2)c1C)c1ccc(F)c(F)c1. The molecule has 1 unspecified atom stereocenters. The summed E-state index contributed by atoms with van der Waals surface area (Å²) in [5.74, 6) is -3.18. The Bertz CT molecular complexity index is 1030. The molecule has 0 saturated heterocycles. The molecule has 0 bridgehead atoms. The molecule has 28 heavy (non-hydrogen) atoms. The third-order valence-corrected chi connectivity index (χ3v) is 5.10. The Morgan fingerprint density at radius 2 is 1.93 bits per heavy atom. The number of hydrogen-bond donors (Lipinski definition) is 2. The van der Waals surface area contributed by atoms with Gasteiger partial charge >= 0.3 is 0 Å². The second-order valence-electron chi connectivity index (χ2n) is 6.13. The van der Waals surface area contributed by atoms with Gasteiger partial charge in [-0.2, -0.15) is 0 Å². The van der Waals surface area contributed by atoms with Crippen LogP contribution in [-0.2, 0) is 4.79 Å². The van der Waals surface area contributed by atoms with Crippen LogP contribution in [0.25, 0.3) is 5.13 Å².